The number of hydrogen-bond acceptors (Lipinski definition) is 2. The Morgan fingerprint density at radius 1 is 1.28 bits per heavy atom. The first-order valence-electron chi connectivity index (χ1n) is 8.93. The molecular formula is C19H24F3N3. The Labute approximate surface area is 146 Å². The number of hydrogen-bond donors (Lipinski definition) is 1. The molecule has 0 amide bonds. The summed E-state index contributed by atoms with van der Waals surface area (Å²) >= 11 is 0. The molecule has 25 heavy (non-hydrogen) atoms. The molecule has 3 rings (SSSR count). The quantitative estimate of drug-likeness (QED) is 0.805. The van der Waals surface area contributed by atoms with E-state index in [0.717, 1.165) is 49.8 Å². The first-order chi connectivity index (χ1) is 12.0. The van der Waals surface area contributed by atoms with Crippen molar-refractivity contribution >= 4 is 0 Å². The molecule has 1 aromatic heterocycles. The molecule has 2 aromatic rings. The molecule has 0 aliphatic carbocycles. The predicted molar refractivity (Wildman–Crippen MR) is 91.1 cm³/mol. The highest BCUT2D eigenvalue weighted by molar-refractivity contribution is 5.28. The Bertz CT molecular complexity index is 706. The van der Waals surface area contributed by atoms with Crippen LogP contribution in [0.1, 0.15) is 61.3 Å². The molecule has 1 aliphatic heterocycles. The number of aromatic nitrogens is 2. The fraction of sp³-hybridized carbons (Fsp3) is 0.526. The molecule has 1 atom stereocenters. The van der Waals surface area contributed by atoms with Crippen LogP contribution in [0.4, 0.5) is 13.2 Å². The van der Waals surface area contributed by atoms with Gasteiger partial charge in [0.05, 0.1) is 11.3 Å². The second-order valence-corrected chi connectivity index (χ2v) is 6.62. The molecule has 2 heterocycles. The van der Waals surface area contributed by atoms with Crippen LogP contribution in [-0.4, -0.2) is 9.55 Å². The van der Waals surface area contributed by atoms with E-state index in [1.807, 2.05) is 13.1 Å². The van der Waals surface area contributed by atoms with E-state index >= 15 is 0 Å². The predicted octanol–water partition coefficient (Wildman–Crippen LogP) is 4.87. The minimum atomic E-state index is -4.31. The lowest BCUT2D eigenvalue weighted by atomic mass is 10.00. The van der Waals surface area contributed by atoms with E-state index in [1.165, 1.54) is 18.6 Å². The summed E-state index contributed by atoms with van der Waals surface area (Å²) in [7, 11) is 0. The molecule has 3 nitrogen and oxygen atoms in total. The van der Waals surface area contributed by atoms with E-state index in [4.69, 9.17) is 0 Å². The Morgan fingerprint density at radius 2 is 2.12 bits per heavy atom. The molecule has 0 spiro atoms. The average Bonchev–Trinajstić information content (AvgIpc) is 3.01. The summed E-state index contributed by atoms with van der Waals surface area (Å²) in [5.74, 6) is 1.12. The minimum absolute atomic E-state index is 0.0953. The molecule has 1 aromatic carbocycles. The maximum atomic E-state index is 13.0. The smallest absolute Gasteiger partial charge is 0.331 e. The lowest BCUT2D eigenvalue weighted by Crippen LogP contribution is -2.24. The summed E-state index contributed by atoms with van der Waals surface area (Å²) < 4.78 is 41.2. The molecule has 0 fully saturated rings. The number of alkyl halides is 3. The second-order valence-electron chi connectivity index (χ2n) is 6.62. The molecule has 0 radical (unpaired) electrons. The first-order valence-corrected chi connectivity index (χ1v) is 8.93. The number of imidazole rings is 1. The lowest BCUT2D eigenvalue weighted by molar-refractivity contribution is -0.137. The van der Waals surface area contributed by atoms with Crippen molar-refractivity contribution in [2.45, 2.75) is 64.3 Å². The summed E-state index contributed by atoms with van der Waals surface area (Å²) in [4.78, 5) is 4.47. The molecule has 1 N–H and O–H groups in total. The molecule has 136 valence electrons. The van der Waals surface area contributed by atoms with Gasteiger partial charge in [0.15, 0.2) is 0 Å². The molecule has 0 saturated carbocycles. The van der Waals surface area contributed by atoms with Crippen LogP contribution in [-0.2, 0) is 25.7 Å². The number of halogens is 3. The monoisotopic (exact) mass is 351 g/mol. The zero-order valence-electron chi connectivity index (χ0n) is 14.4. The van der Waals surface area contributed by atoms with E-state index in [0.29, 0.717) is 12.1 Å². The van der Waals surface area contributed by atoms with Gasteiger partial charge in [-0.2, -0.15) is 13.2 Å². The Hall–Kier alpha value is -1.82. The Morgan fingerprint density at radius 3 is 2.88 bits per heavy atom. The molecule has 1 aliphatic rings. The van der Waals surface area contributed by atoms with Crippen LogP contribution >= 0.6 is 0 Å². The third-order valence-electron chi connectivity index (χ3n) is 4.78. The van der Waals surface area contributed by atoms with Crippen molar-refractivity contribution in [3.8, 4) is 0 Å². The van der Waals surface area contributed by atoms with Gasteiger partial charge in [0.1, 0.15) is 5.82 Å². The summed E-state index contributed by atoms with van der Waals surface area (Å²) in [6.07, 6.45) is 2.61. The molecular weight excluding hydrogens is 327 g/mol. The van der Waals surface area contributed by atoms with Crippen LogP contribution in [0.25, 0.3) is 0 Å². The fourth-order valence-electron chi connectivity index (χ4n) is 3.46. The normalized spacial score (nSPS) is 15.8. The maximum Gasteiger partial charge on any atom is 0.416 e. The van der Waals surface area contributed by atoms with Gasteiger partial charge in [-0.1, -0.05) is 25.5 Å². The summed E-state index contributed by atoms with van der Waals surface area (Å²) in [6.45, 7) is 3.64. The highest BCUT2D eigenvalue weighted by Crippen LogP contribution is 2.31. The first kappa shape index (κ1) is 18.0. The van der Waals surface area contributed by atoms with Crippen LogP contribution in [0.2, 0.25) is 0 Å². The largest absolute Gasteiger partial charge is 0.416 e. The third-order valence-corrected chi connectivity index (χ3v) is 4.78. The average molecular weight is 351 g/mol. The van der Waals surface area contributed by atoms with Crippen LogP contribution in [0.3, 0.4) is 0 Å². The number of benzene rings is 1. The van der Waals surface area contributed by atoms with E-state index < -0.39 is 11.7 Å². The molecule has 1 unspecified atom stereocenters. The van der Waals surface area contributed by atoms with Gasteiger partial charge in [-0.15, -0.1) is 0 Å². The van der Waals surface area contributed by atoms with E-state index in [9.17, 15) is 13.2 Å². The van der Waals surface area contributed by atoms with E-state index in [1.54, 1.807) is 6.07 Å². The van der Waals surface area contributed by atoms with E-state index in [-0.39, 0.29) is 6.04 Å². The van der Waals surface area contributed by atoms with Gasteiger partial charge in [0.2, 0.25) is 0 Å². The SMILES string of the molecule is CCCC(NCc1cnc2n1CCCC2)c1cccc(C(F)(F)F)c1. The van der Waals surface area contributed by atoms with Gasteiger partial charge in [-0.05, 0) is 37.0 Å². The lowest BCUT2D eigenvalue weighted by Gasteiger charge is -2.21. The van der Waals surface area contributed by atoms with Gasteiger partial charge >= 0.3 is 6.18 Å². The van der Waals surface area contributed by atoms with Gasteiger partial charge in [0, 0.05) is 31.7 Å². The highest BCUT2D eigenvalue weighted by Gasteiger charge is 2.31. The molecule has 0 bridgehead atoms. The van der Waals surface area contributed by atoms with Crippen molar-refractivity contribution in [1.82, 2.24) is 14.9 Å². The van der Waals surface area contributed by atoms with Crippen molar-refractivity contribution < 1.29 is 13.2 Å². The van der Waals surface area contributed by atoms with Crippen molar-refractivity contribution in [3.05, 3.63) is 53.1 Å². The standard InChI is InChI=1S/C19H24F3N3/c1-2-6-17(14-7-5-8-15(11-14)19(20,21)22)23-12-16-13-24-18-9-3-4-10-25(16)18/h5,7-8,11,13,17,23H,2-4,6,9-10,12H2,1H3. The Balaban J connectivity index is 1.75. The summed E-state index contributed by atoms with van der Waals surface area (Å²) in [6, 6.07) is 5.55. The van der Waals surface area contributed by atoms with Crippen LogP contribution in [0.15, 0.2) is 30.5 Å². The number of nitrogens with one attached hydrogen (secondary N) is 1. The minimum Gasteiger partial charge on any atom is -0.331 e. The van der Waals surface area contributed by atoms with Gasteiger partial charge in [0.25, 0.3) is 0 Å². The third kappa shape index (κ3) is 4.24. The van der Waals surface area contributed by atoms with Crippen molar-refractivity contribution in [1.29, 1.82) is 0 Å². The second kappa shape index (κ2) is 7.60. The number of aryl methyl sites for hydroxylation is 1. The van der Waals surface area contributed by atoms with Gasteiger partial charge in [-0.25, -0.2) is 4.98 Å². The topological polar surface area (TPSA) is 29.9 Å². The van der Waals surface area contributed by atoms with Crippen molar-refractivity contribution in [2.24, 2.45) is 0 Å². The molecule has 6 heteroatoms. The number of nitrogens with zero attached hydrogens (tertiary/aromatic N) is 2. The number of fused-ring (bicyclic) bond motifs is 1. The van der Waals surface area contributed by atoms with Gasteiger partial charge < -0.3 is 9.88 Å². The maximum absolute atomic E-state index is 13.0. The highest BCUT2D eigenvalue weighted by atomic mass is 19.4. The Kier molecular flexibility index (Phi) is 5.47. The van der Waals surface area contributed by atoms with Gasteiger partial charge in [-0.3, -0.25) is 0 Å². The van der Waals surface area contributed by atoms with Crippen molar-refractivity contribution in [2.75, 3.05) is 0 Å². The summed E-state index contributed by atoms with van der Waals surface area (Å²) in [5.41, 5.74) is 1.22. The fourth-order valence-corrected chi connectivity index (χ4v) is 3.46. The van der Waals surface area contributed by atoms with Crippen LogP contribution in [0.5, 0.6) is 0 Å². The zero-order valence-corrected chi connectivity index (χ0v) is 14.4. The zero-order chi connectivity index (χ0) is 17.9. The number of rotatable bonds is 6. The van der Waals surface area contributed by atoms with Crippen LogP contribution in [0, 0.1) is 0 Å². The van der Waals surface area contributed by atoms with Crippen molar-refractivity contribution in [3.63, 3.8) is 0 Å². The molecule has 0 saturated heterocycles. The van der Waals surface area contributed by atoms with E-state index in [2.05, 4.69) is 14.9 Å². The summed E-state index contributed by atoms with van der Waals surface area (Å²) in [5, 5.41) is 3.44. The van der Waals surface area contributed by atoms with Crippen LogP contribution < -0.4 is 5.32 Å².